The summed E-state index contributed by atoms with van der Waals surface area (Å²) in [5, 5.41) is 9.67. The van der Waals surface area contributed by atoms with Gasteiger partial charge in [-0.05, 0) is 31.0 Å². The number of hydrogen-bond donors (Lipinski definition) is 1. The number of anilines is 1. The first-order chi connectivity index (χ1) is 7.72. The van der Waals surface area contributed by atoms with Gasteiger partial charge in [-0.1, -0.05) is 25.0 Å². The molecule has 2 heteroatoms. The van der Waals surface area contributed by atoms with Gasteiger partial charge in [0.15, 0.2) is 0 Å². The first-order valence-electron chi connectivity index (χ1n) is 5.69. The SMILES string of the molecule is C#CCN(CC)c1ccc([C@H](O)CC)cc1. The van der Waals surface area contributed by atoms with E-state index in [4.69, 9.17) is 6.42 Å². The number of terminal acetylenes is 1. The van der Waals surface area contributed by atoms with Crippen molar-refractivity contribution in [1.82, 2.24) is 0 Å². The summed E-state index contributed by atoms with van der Waals surface area (Å²) in [6, 6.07) is 7.94. The second-order valence-electron chi connectivity index (χ2n) is 3.73. The Hall–Kier alpha value is -1.46. The molecule has 0 heterocycles. The van der Waals surface area contributed by atoms with Gasteiger partial charge in [0.2, 0.25) is 0 Å². The first-order valence-corrected chi connectivity index (χ1v) is 5.69. The van der Waals surface area contributed by atoms with Crippen molar-refractivity contribution in [2.24, 2.45) is 0 Å². The second kappa shape index (κ2) is 6.19. The molecule has 0 spiro atoms. The molecule has 0 aliphatic rings. The van der Waals surface area contributed by atoms with Crippen molar-refractivity contribution in [3.05, 3.63) is 29.8 Å². The Labute approximate surface area is 97.9 Å². The molecule has 16 heavy (non-hydrogen) atoms. The van der Waals surface area contributed by atoms with E-state index in [2.05, 4.69) is 17.7 Å². The number of aliphatic hydroxyl groups is 1. The molecule has 1 aromatic rings. The van der Waals surface area contributed by atoms with Crippen LogP contribution >= 0.6 is 0 Å². The van der Waals surface area contributed by atoms with Crippen LogP contribution in [-0.4, -0.2) is 18.2 Å². The van der Waals surface area contributed by atoms with Crippen molar-refractivity contribution in [1.29, 1.82) is 0 Å². The molecule has 0 saturated carbocycles. The molecule has 0 aliphatic carbocycles. The molecule has 1 atom stereocenters. The highest BCUT2D eigenvalue weighted by Gasteiger charge is 2.06. The highest BCUT2D eigenvalue weighted by atomic mass is 16.3. The third-order valence-corrected chi connectivity index (χ3v) is 2.69. The zero-order valence-corrected chi connectivity index (χ0v) is 9.98. The maximum Gasteiger partial charge on any atom is 0.0791 e. The lowest BCUT2D eigenvalue weighted by Gasteiger charge is -2.20. The monoisotopic (exact) mass is 217 g/mol. The highest BCUT2D eigenvalue weighted by molar-refractivity contribution is 5.48. The van der Waals surface area contributed by atoms with E-state index in [1.165, 1.54) is 0 Å². The Balaban J connectivity index is 2.81. The lowest BCUT2D eigenvalue weighted by Crippen LogP contribution is -2.22. The van der Waals surface area contributed by atoms with Gasteiger partial charge in [-0.15, -0.1) is 6.42 Å². The van der Waals surface area contributed by atoms with Gasteiger partial charge < -0.3 is 10.0 Å². The molecule has 0 amide bonds. The molecular formula is C14H19NO. The average molecular weight is 217 g/mol. The summed E-state index contributed by atoms with van der Waals surface area (Å²) < 4.78 is 0. The number of nitrogens with zero attached hydrogens (tertiary/aromatic N) is 1. The molecular weight excluding hydrogens is 198 g/mol. The van der Waals surface area contributed by atoms with Crippen LogP contribution < -0.4 is 4.90 Å². The number of hydrogen-bond acceptors (Lipinski definition) is 2. The van der Waals surface area contributed by atoms with Gasteiger partial charge in [0, 0.05) is 12.2 Å². The minimum Gasteiger partial charge on any atom is -0.388 e. The molecule has 0 fully saturated rings. The fourth-order valence-corrected chi connectivity index (χ4v) is 1.64. The lowest BCUT2D eigenvalue weighted by atomic mass is 10.1. The molecule has 0 bridgehead atoms. The molecule has 0 aromatic heterocycles. The van der Waals surface area contributed by atoms with E-state index in [0.717, 1.165) is 24.2 Å². The largest absolute Gasteiger partial charge is 0.388 e. The zero-order valence-electron chi connectivity index (χ0n) is 9.98. The van der Waals surface area contributed by atoms with Gasteiger partial charge in [0.25, 0.3) is 0 Å². The second-order valence-corrected chi connectivity index (χ2v) is 3.73. The molecule has 0 aliphatic heterocycles. The van der Waals surface area contributed by atoms with Gasteiger partial charge in [-0.3, -0.25) is 0 Å². The van der Waals surface area contributed by atoms with Crippen LogP contribution in [0.25, 0.3) is 0 Å². The van der Waals surface area contributed by atoms with Crippen molar-refractivity contribution in [2.75, 3.05) is 18.0 Å². The molecule has 1 rings (SSSR count). The average Bonchev–Trinajstić information content (AvgIpc) is 2.35. The third-order valence-electron chi connectivity index (χ3n) is 2.69. The van der Waals surface area contributed by atoms with E-state index >= 15 is 0 Å². The van der Waals surface area contributed by atoms with E-state index < -0.39 is 0 Å². The normalized spacial score (nSPS) is 11.9. The number of rotatable bonds is 5. The summed E-state index contributed by atoms with van der Waals surface area (Å²) in [7, 11) is 0. The molecule has 2 nitrogen and oxygen atoms in total. The Morgan fingerprint density at radius 2 is 1.94 bits per heavy atom. The Bertz CT molecular complexity index is 350. The maximum atomic E-state index is 9.67. The molecule has 1 aromatic carbocycles. The van der Waals surface area contributed by atoms with Crippen molar-refractivity contribution in [3.8, 4) is 12.3 Å². The number of aliphatic hydroxyl groups excluding tert-OH is 1. The zero-order chi connectivity index (χ0) is 12.0. The van der Waals surface area contributed by atoms with Crippen molar-refractivity contribution >= 4 is 5.69 Å². The van der Waals surface area contributed by atoms with Gasteiger partial charge in [0.05, 0.1) is 12.6 Å². The minimum atomic E-state index is -0.364. The van der Waals surface area contributed by atoms with E-state index in [1.807, 2.05) is 31.2 Å². The van der Waals surface area contributed by atoms with Crippen molar-refractivity contribution in [2.45, 2.75) is 26.4 Å². The smallest absolute Gasteiger partial charge is 0.0791 e. The van der Waals surface area contributed by atoms with Crippen LogP contribution in [0.3, 0.4) is 0 Å². The van der Waals surface area contributed by atoms with Gasteiger partial charge >= 0.3 is 0 Å². The molecule has 0 unspecified atom stereocenters. The fraction of sp³-hybridized carbons (Fsp3) is 0.429. The van der Waals surface area contributed by atoms with Crippen LogP contribution in [0.4, 0.5) is 5.69 Å². The summed E-state index contributed by atoms with van der Waals surface area (Å²) in [5.74, 6) is 2.64. The molecule has 86 valence electrons. The fourth-order valence-electron chi connectivity index (χ4n) is 1.64. The summed E-state index contributed by atoms with van der Waals surface area (Å²) in [6.45, 7) is 5.55. The predicted molar refractivity (Wildman–Crippen MR) is 68.4 cm³/mol. The predicted octanol–water partition coefficient (Wildman–Crippen LogP) is 2.59. The highest BCUT2D eigenvalue weighted by Crippen LogP contribution is 2.20. The van der Waals surface area contributed by atoms with E-state index in [-0.39, 0.29) is 6.10 Å². The van der Waals surface area contributed by atoms with Gasteiger partial charge in [-0.25, -0.2) is 0 Å². The summed E-state index contributed by atoms with van der Waals surface area (Å²) in [5.41, 5.74) is 2.07. The maximum absolute atomic E-state index is 9.67. The van der Waals surface area contributed by atoms with E-state index in [1.54, 1.807) is 0 Å². The standard InChI is InChI=1S/C14H19NO/c1-4-11-15(6-3)13-9-7-12(8-10-13)14(16)5-2/h1,7-10,14,16H,5-6,11H2,2-3H3/t14-/m1/s1. The Morgan fingerprint density at radius 1 is 1.31 bits per heavy atom. The molecule has 1 N–H and O–H groups in total. The summed E-state index contributed by atoms with van der Waals surface area (Å²) in [6.07, 6.45) is 5.68. The Kier molecular flexibility index (Phi) is 4.88. The molecule has 0 saturated heterocycles. The van der Waals surface area contributed by atoms with Crippen LogP contribution in [0.2, 0.25) is 0 Å². The lowest BCUT2D eigenvalue weighted by molar-refractivity contribution is 0.173. The quantitative estimate of drug-likeness (QED) is 0.766. The van der Waals surface area contributed by atoms with Crippen LogP contribution in [0, 0.1) is 12.3 Å². The first kappa shape index (κ1) is 12.6. The van der Waals surface area contributed by atoms with Crippen LogP contribution in [-0.2, 0) is 0 Å². The summed E-state index contributed by atoms with van der Waals surface area (Å²) >= 11 is 0. The topological polar surface area (TPSA) is 23.5 Å². The van der Waals surface area contributed by atoms with E-state index in [0.29, 0.717) is 6.54 Å². The molecule has 0 radical (unpaired) electrons. The van der Waals surface area contributed by atoms with Gasteiger partial charge in [0.1, 0.15) is 0 Å². The van der Waals surface area contributed by atoms with Gasteiger partial charge in [-0.2, -0.15) is 0 Å². The van der Waals surface area contributed by atoms with Crippen LogP contribution in [0.1, 0.15) is 31.9 Å². The van der Waals surface area contributed by atoms with E-state index in [9.17, 15) is 5.11 Å². The Morgan fingerprint density at radius 3 is 2.38 bits per heavy atom. The van der Waals surface area contributed by atoms with Crippen LogP contribution in [0.5, 0.6) is 0 Å². The summed E-state index contributed by atoms with van der Waals surface area (Å²) in [4.78, 5) is 2.11. The third kappa shape index (κ3) is 3.01. The van der Waals surface area contributed by atoms with Crippen molar-refractivity contribution < 1.29 is 5.11 Å². The van der Waals surface area contributed by atoms with Crippen molar-refractivity contribution in [3.63, 3.8) is 0 Å². The minimum absolute atomic E-state index is 0.364. The van der Waals surface area contributed by atoms with Crippen LogP contribution in [0.15, 0.2) is 24.3 Å². The number of benzene rings is 1.